The average Bonchev–Trinajstić information content (AvgIpc) is 3.25. The number of carbonyl (C=O) groups excluding carboxylic acids is 2. The largest absolute Gasteiger partial charge is 0.272 e. The zero-order valence-electron chi connectivity index (χ0n) is 17.5. The van der Waals surface area contributed by atoms with Gasteiger partial charge in [0, 0.05) is 35.8 Å². The van der Waals surface area contributed by atoms with E-state index in [4.69, 9.17) is 0 Å². The zero-order chi connectivity index (χ0) is 23.0. The van der Waals surface area contributed by atoms with Gasteiger partial charge in [-0.05, 0) is 35.9 Å². The highest BCUT2D eigenvalue weighted by atomic mass is 19.1. The van der Waals surface area contributed by atoms with Gasteiger partial charge in [-0.15, -0.1) is 0 Å². The van der Waals surface area contributed by atoms with Gasteiger partial charge in [0.05, 0.1) is 12.1 Å². The van der Waals surface area contributed by atoms with Crippen LogP contribution < -0.4 is 10.9 Å². The highest BCUT2D eigenvalue weighted by Crippen LogP contribution is 2.23. The minimum Gasteiger partial charge on any atom is -0.268 e. The lowest BCUT2D eigenvalue weighted by atomic mass is 10.1. The Labute approximate surface area is 189 Å². The number of rotatable bonds is 6. The topological polar surface area (TPSA) is 88.9 Å². The third-order valence-corrected chi connectivity index (χ3v) is 4.74. The van der Waals surface area contributed by atoms with E-state index in [9.17, 15) is 14.0 Å². The zero-order valence-corrected chi connectivity index (χ0v) is 17.5. The lowest BCUT2D eigenvalue weighted by Crippen LogP contribution is -2.41. The summed E-state index contributed by atoms with van der Waals surface area (Å²) in [5.74, 6) is -2.00. The predicted molar refractivity (Wildman–Crippen MR) is 122 cm³/mol. The van der Waals surface area contributed by atoms with Gasteiger partial charge in [-0.3, -0.25) is 30.1 Å². The van der Waals surface area contributed by atoms with Crippen molar-refractivity contribution in [3.63, 3.8) is 0 Å². The van der Waals surface area contributed by atoms with E-state index >= 15 is 0 Å². The van der Waals surface area contributed by atoms with Crippen molar-refractivity contribution < 1.29 is 14.0 Å². The van der Waals surface area contributed by atoms with Crippen molar-refractivity contribution in [2.45, 2.75) is 6.54 Å². The standard InChI is InChI=1S/C25H20FN5O2/c26-22-11-5-4-10-21(22)25(33)29-28-23(32)13-12-20-17-31(16-18-7-2-1-3-8-18)30-24(20)19-9-6-14-27-15-19/h1-15,17H,16H2,(H,28,32)(H,29,33)/b13-12+. The molecule has 164 valence electrons. The van der Waals surface area contributed by atoms with E-state index < -0.39 is 17.6 Å². The second kappa shape index (κ2) is 10.1. The number of pyridine rings is 1. The number of amides is 2. The van der Waals surface area contributed by atoms with E-state index in [-0.39, 0.29) is 5.56 Å². The minimum atomic E-state index is -0.749. The summed E-state index contributed by atoms with van der Waals surface area (Å²) in [6, 6.07) is 19.1. The van der Waals surface area contributed by atoms with E-state index in [2.05, 4.69) is 20.9 Å². The fourth-order valence-corrected chi connectivity index (χ4v) is 3.18. The lowest BCUT2D eigenvalue weighted by Gasteiger charge is -2.05. The number of halogens is 1. The van der Waals surface area contributed by atoms with Crippen molar-refractivity contribution in [3.8, 4) is 11.3 Å². The van der Waals surface area contributed by atoms with Crippen LogP contribution in [0.5, 0.6) is 0 Å². The first-order valence-electron chi connectivity index (χ1n) is 10.1. The summed E-state index contributed by atoms with van der Waals surface area (Å²) in [6.45, 7) is 0.562. The first-order chi connectivity index (χ1) is 16.1. The molecule has 2 heterocycles. The second-order valence-electron chi connectivity index (χ2n) is 7.11. The van der Waals surface area contributed by atoms with Crippen molar-refractivity contribution in [1.29, 1.82) is 0 Å². The summed E-state index contributed by atoms with van der Waals surface area (Å²) in [5, 5.41) is 4.66. The number of hydrogen-bond donors (Lipinski definition) is 2. The molecule has 0 aliphatic carbocycles. The maximum absolute atomic E-state index is 13.7. The number of benzene rings is 2. The molecule has 0 spiro atoms. The molecular formula is C25H20FN5O2. The molecule has 0 bridgehead atoms. The van der Waals surface area contributed by atoms with Gasteiger partial charge in [0.2, 0.25) is 0 Å². The van der Waals surface area contributed by atoms with Gasteiger partial charge in [-0.25, -0.2) is 4.39 Å². The van der Waals surface area contributed by atoms with Gasteiger partial charge < -0.3 is 0 Å². The van der Waals surface area contributed by atoms with E-state index in [0.29, 0.717) is 17.8 Å². The fourth-order valence-electron chi connectivity index (χ4n) is 3.18. The average molecular weight is 441 g/mol. The lowest BCUT2D eigenvalue weighted by molar-refractivity contribution is -0.117. The summed E-state index contributed by atoms with van der Waals surface area (Å²) in [6.07, 6.45) is 8.07. The van der Waals surface area contributed by atoms with Crippen LogP contribution in [-0.4, -0.2) is 26.6 Å². The monoisotopic (exact) mass is 441 g/mol. The number of hydrazine groups is 1. The Hall–Kier alpha value is -4.59. The van der Waals surface area contributed by atoms with Gasteiger partial charge in [0.25, 0.3) is 11.8 Å². The van der Waals surface area contributed by atoms with Gasteiger partial charge >= 0.3 is 0 Å². The van der Waals surface area contributed by atoms with E-state index in [1.807, 2.05) is 48.7 Å². The molecule has 4 aromatic rings. The van der Waals surface area contributed by atoms with Crippen LogP contribution >= 0.6 is 0 Å². The Balaban J connectivity index is 1.49. The van der Waals surface area contributed by atoms with Crippen LogP contribution in [0.25, 0.3) is 17.3 Å². The Bertz CT molecular complexity index is 1290. The molecule has 2 amide bonds. The maximum atomic E-state index is 13.7. The second-order valence-corrected chi connectivity index (χ2v) is 7.11. The van der Waals surface area contributed by atoms with E-state index in [1.54, 1.807) is 23.2 Å². The molecule has 0 aliphatic heterocycles. The van der Waals surface area contributed by atoms with Crippen LogP contribution in [0, 0.1) is 5.82 Å². The van der Waals surface area contributed by atoms with Crippen molar-refractivity contribution >= 4 is 17.9 Å². The van der Waals surface area contributed by atoms with E-state index in [0.717, 1.165) is 11.1 Å². The number of nitrogens with one attached hydrogen (secondary N) is 2. The molecule has 2 aromatic carbocycles. The van der Waals surface area contributed by atoms with Crippen molar-refractivity contribution in [2.75, 3.05) is 0 Å². The van der Waals surface area contributed by atoms with Crippen LogP contribution in [-0.2, 0) is 11.3 Å². The number of carbonyl (C=O) groups is 2. The molecule has 4 rings (SSSR count). The van der Waals surface area contributed by atoms with Crippen molar-refractivity contribution in [3.05, 3.63) is 114 Å². The Morgan fingerprint density at radius 3 is 2.52 bits per heavy atom. The Morgan fingerprint density at radius 2 is 1.76 bits per heavy atom. The van der Waals surface area contributed by atoms with Crippen LogP contribution in [0.3, 0.4) is 0 Å². The Kier molecular flexibility index (Phi) is 6.65. The molecule has 0 radical (unpaired) electrons. The summed E-state index contributed by atoms with van der Waals surface area (Å²) < 4.78 is 15.5. The predicted octanol–water partition coefficient (Wildman–Crippen LogP) is 3.61. The quantitative estimate of drug-likeness (QED) is 0.353. The van der Waals surface area contributed by atoms with Gasteiger partial charge in [0.1, 0.15) is 11.5 Å². The van der Waals surface area contributed by atoms with Crippen molar-refractivity contribution in [1.82, 2.24) is 25.6 Å². The Morgan fingerprint density at radius 1 is 0.970 bits per heavy atom. The highest BCUT2D eigenvalue weighted by molar-refractivity contribution is 5.98. The third-order valence-electron chi connectivity index (χ3n) is 4.74. The molecule has 0 unspecified atom stereocenters. The molecule has 8 heteroatoms. The summed E-state index contributed by atoms with van der Waals surface area (Å²) in [4.78, 5) is 28.4. The first kappa shape index (κ1) is 21.6. The van der Waals surface area contributed by atoms with Gasteiger partial charge in [-0.2, -0.15) is 5.10 Å². The molecule has 7 nitrogen and oxygen atoms in total. The highest BCUT2D eigenvalue weighted by Gasteiger charge is 2.12. The van der Waals surface area contributed by atoms with E-state index in [1.165, 1.54) is 30.3 Å². The maximum Gasteiger partial charge on any atom is 0.272 e. The normalized spacial score (nSPS) is 10.8. The first-order valence-corrected chi connectivity index (χ1v) is 10.1. The van der Waals surface area contributed by atoms with Crippen LogP contribution in [0.2, 0.25) is 0 Å². The molecule has 0 saturated carbocycles. The number of aromatic nitrogens is 3. The molecule has 0 atom stereocenters. The van der Waals surface area contributed by atoms with Gasteiger partial charge in [-0.1, -0.05) is 42.5 Å². The summed E-state index contributed by atoms with van der Waals surface area (Å²) in [7, 11) is 0. The third kappa shape index (κ3) is 5.56. The molecular weight excluding hydrogens is 421 g/mol. The summed E-state index contributed by atoms with van der Waals surface area (Å²) in [5.41, 5.74) is 7.54. The SMILES string of the molecule is O=C(/C=C/c1cn(Cc2ccccc2)nc1-c1cccnc1)NNC(=O)c1ccccc1F. The molecule has 2 N–H and O–H groups in total. The van der Waals surface area contributed by atoms with Crippen LogP contribution in [0.4, 0.5) is 4.39 Å². The van der Waals surface area contributed by atoms with Crippen LogP contribution in [0.15, 0.2) is 91.4 Å². The van der Waals surface area contributed by atoms with Crippen LogP contribution in [0.1, 0.15) is 21.5 Å². The molecule has 0 fully saturated rings. The molecule has 0 saturated heterocycles. The molecule has 0 aliphatic rings. The summed E-state index contributed by atoms with van der Waals surface area (Å²) >= 11 is 0. The number of hydrogen-bond acceptors (Lipinski definition) is 4. The molecule has 2 aromatic heterocycles. The van der Waals surface area contributed by atoms with Gasteiger partial charge in [0.15, 0.2) is 0 Å². The smallest absolute Gasteiger partial charge is 0.268 e. The fraction of sp³-hybridized carbons (Fsp3) is 0.0400. The van der Waals surface area contributed by atoms with Crippen molar-refractivity contribution in [2.24, 2.45) is 0 Å². The molecule has 33 heavy (non-hydrogen) atoms. The number of nitrogens with zero attached hydrogens (tertiary/aromatic N) is 3. The minimum absolute atomic E-state index is 0.164.